The molecule has 0 bridgehead atoms. The van der Waals surface area contributed by atoms with Crippen molar-refractivity contribution in [1.29, 1.82) is 0 Å². The van der Waals surface area contributed by atoms with Crippen molar-refractivity contribution in [2.45, 2.75) is 53.7 Å². The minimum atomic E-state index is -8.63. The van der Waals surface area contributed by atoms with Crippen LogP contribution in [-0.4, -0.2) is 53.7 Å². The molecule has 1 heterocycles. The maximum atomic E-state index is 13.5. The van der Waals surface area contributed by atoms with E-state index in [1.807, 2.05) is 0 Å². The molecule has 1 unspecified atom stereocenters. The molecule has 0 aromatic heterocycles. The van der Waals surface area contributed by atoms with Crippen molar-refractivity contribution >= 4 is 0 Å². The van der Waals surface area contributed by atoms with E-state index >= 15 is 0 Å². The normalized spacial score (nSPS) is 28.5. The van der Waals surface area contributed by atoms with Gasteiger partial charge in [-0.2, -0.15) is 79.0 Å². The fourth-order valence-electron chi connectivity index (χ4n) is 1.73. The van der Waals surface area contributed by atoms with Gasteiger partial charge in [-0.1, -0.05) is 0 Å². The van der Waals surface area contributed by atoms with E-state index < -0.39 is 53.7 Å². The second-order valence-corrected chi connectivity index (χ2v) is 5.16. The summed E-state index contributed by atoms with van der Waals surface area (Å²) in [5, 5.41) is 0. The third kappa shape index (κ3) is 2.36. The monoisotopic (exact) mass is 466 g/mol. The highest BCUT2D eigenvalue weighted by atomic mass is 19.4. The summed E-state index contributed by atoms with van der Waals surface area (Å²) in [4.78, 5) is 0. The predicted octanol–water partition coefficient (Wildman–Crippen LogP) is 5.65. The van der Waals surface area contributed by atoms with E-state index in [4.69, 9.17) is 0 Å². The van der Waals surface area contributed by atoms with Gasteiger partial charge in [0.25, 0.3) is 0 Å². The van der Waals surface area contributed by atoms with E-state index in [9.17, 15) is 79.0 Å². The summed E-state index contributed by atoms with van der Waals surface area (Å²) in [7, 11) is 0. The van der Waals surface area contributed by atoms with Crippen LogP contribution in [0, 0.1) is 0 Å². The Hall–Kier alpha value is -1.30. The van der Waals surface area contributed by atoms with Crippen LogP contribution in [0.4, 0.5) is 79.0 Å². The lowest BCUT2D eigenvalue weighted by Gasteiger charge is -2.41. The van der Waals surface area contributed by atoms with Gasteiger partial charge in [0.15, 0.2) is 0 Å². The van der Waals surface area contributed by atoms with Gasteiger partial charge in [-0.3, -0.25) is 4.74 Å². The van der Waals surface area contributed by atoms with Gasteiger partial charge in [0.2, 0.25) is 0 Å². The van der Waals surface area contributed by atoms with Crippen LogP contribution >= 0.6 is 0 Å². The molecular formula is C9F18O. The van der Waals surface area contributed by atoms with Gasteiger partial charge in [-0.25, -0.2) is 0 Å². The second-order valence-electron chi connectivity index (χ2n) is 5.16. The molecule has 0 aromatic rings. The van der Waals surface area contributed by atoms with E-state index in [0.717, 1.165) is 0 Å². The maximum Gasteiger partial charge on any atom is 0.460 e. The third-order valence-corrected chi connectivity index (χ3v) is 3.38. The smallest absolute Gasteiger partial charge is 0.267 e. The molecule has 1 aliphatic rings. The Kier molecular flexibility index (Phi) is 4.80. The number of hydrogen-bond donors (Lipinski definition) is 0. The number of rotatable bonds is 4. The zero-order chi connectivity index (χ0) is 23.2. The summed E-state index contributed by atoms with van der Waals surface area (Å²) < 4.78 is 231. The largest absolute Gasteiger partial charge is 0.460 e. The number of ether oxygens (including phenoxy) is 1. The van der Waals surface area contributed by atoms with Gasteiger partial charge in [-0.15, -0.1) is 0 Å². The molecule has 1 rings (SSSR count). The summed E-state index contributed by atoms with van der Waals surface area (Å²) in [6.45, 7) is 0. The lowest BCUT2D eigenvalue weighted by molar-refractivity contribution is -0.467. The second kappa shape index (κ2) is 5.44. The van der Waals surface area contributed by atoms with Gasteiger partial charge >= 0.3 is 53.7 Å². The Morgan fingerprint density at radius 3 is 1.07 bits per heavy atom. The summed E-state index contributed by atoms with van der Waals surface area (Å²) in [5.41, 5.74) is 0. The molecule has 1 saturated heterocycles. The van der Waals surface area contributed by atoms with Gasteiger partial charge < -0.3 is 0 Å². The van der Waals surface area contributed by atoms with Gasteiger partial charge in [0, 0.05) is 0 Å². The Bertz CT molecular complexity index is 629. The van der Waals surface area contributed by atoms with Gasteiger partial charge in [0.1, 0.15) is 0 Å². The van der Waals surface area contributed by atoms with Crippen LogP contribution in [0.1, 0.15) is 0 Å². The Balaban J connectivity index is 3.74. The number of halogens is 18. The molecule has 0 spiro atoms. The average Bonchev–Trinajstić information content (AvgIpc) is 2.52. The van der Waals surface area contributed by atoms with E-state index in [2.05, 4.69) is 0 Å². The molecule has 19 heteroatoms. The molecule has 28 heavy (non-hydrogen) atoms. The Labute approximate surface area is 139 Å². The van der Waals surface area contributed by atoms with Crippen LogP contribution in [0.5, 0.6) is 0 Å². The highest BCUT2D eigenvalue weighted by molar-refractivity contribution is 5.19. The summed E-state index contributed by atoms with van der Waals surface area (Å²) >= 11 is 0. The topological polar surface area (TPSA) is 9.23 Å². The van der Waals surface area contributed by atoms with E-state index in [-0.39, 0.29) is 0 Å². The predicted molar refractivity (Wildman–Crippen MR) is 45.6 cm³/mol. The third-order valence-electron chi connectivity index (χ3n) is 3.38. The zero-order valence-electron chi connectivity index (χ0n) is 11.7. The molecular weight excluding hydrogens is 466 g/mol. The van der Waals surface area contributed by atoms with Crippen LogP contribution in [-0.2, 0) is 4.74 Å². The molecule has 0 aliphatic carbocycles. The van der Waals surface area contributed by atoms with E-state index in [0.29, 0.717) is 0 Å². The van der Waals surface area contributed by atoms with Crippen LogP contribution in [0.3, 0.4) is 0 Å². The Morgan fingerprint density at radius 1 is 0.464 bits per heavy atom. The SMILES string of the molecule is FC(F)(F)C(F)(F)C(F)(F)C(F)(F)C(F)(F)C1(F)OC(F)(F)C(F)(F)C1(F)F. The van der Waals surface area contributed by atoms with Crippen molar-refractivity contribution in [1.82, 2.24) is 0 Å². The summed E-state index contributed by atoms with van der Waals surface area (Å²) in [5.74, 6) is -57.0. The Morgan fingerprint density at radius 2 is 0.821 bits per heavy atom. The quantitative estimate of drug-likeness (QED) is 0.487. The van der Waals surface area contributed by atoms with Crippen molar-refractivity contribution in [3.05, 3.63) is 0 Å². The molecule has 1 aliphatic heterocycles. The first kappa shape index (κ1) is 24.7. The molecule has 0 aromatic carbocycles. The first-order valence-corrected chi connectivity index (χ1v) is 5.81. The van der Waals surface area contributed by atoms with Crippen molar-refractivity contribution in [2.24, 2.45) is 0 Å². The van der Waals surface area contributed by atoms with E-state index in [1.165, 1.54) is 4.74 Å². The standard InChI is InChI=1S/C9F18O/c10-1(11,2(12,13)5(18,19)8(23,24)25)3(14,15)7(22)4(16,17)6(20,21)9(26,27)28-7. The molecule has 1 nitrogen and oxygen atoms in total. The molecule has 0 N–H and O–H groups in total. The molecule has 0 amide bonds. The van der Waals surface area contributed by atoms with Gasteiger partial charge in [-0.05, 0) is 0 Å². The van der Waals surface area contributed by atoms with Crippen molar-refractivity contribution in [3.63, 3.8) is 0 Å². The zero-order valence-corrected chi connectivity index (χ0v) is 11.7. The lowest BCUT2D eigenvalue weighted by atomic mass is 9.89. The van der Waals surface area contributed by atoms with Crippen LogP contribution in [0.25, 0.3) is 0 Å². The lowest BCUT2D eigenvalue weighted by Crippen LogP contribution is -2.74. The average molecular weight is 466 g/mol. The van der Waals surface area contributed by atoms with E-state index in [1.54, 1.807) is 0 Å². The summed E-state index contributed by atoms with van der Waals surface area (Å²) in [6.07, 6.45) is -14.9. The minimum Gasteiger partial charge on any atom is -0.267 e. The van der Waals surface area contributed by atoms with Crippen LogP contribution < -0.4 is 0 Å². The highest BCUT2D eigenvalue weighted by Gasteiger charge is 3.01. The van der Waals surface area contributed by atoms with Crippen molar-refractivity contribution in [3.8, 4) is 0 Å². The minimum absolute atomic E-state index is 1.52. The molecule has 0 saturated carbocycles. The van der Waals surface area contributed by atoms with Crippen molar-refractivity contribution in [2.75, 3.05) is 0 Å². The first-order chi connectivity index (χ1) is 11.7. The van der Waals surface area contributed by atoms with Crippen LogP contribution in [0.2, 0.25) is 0 Å². The molecule has 1 fully saturated rings. The fraction of sp³-hybridized carbons (Fsp3) is 1.00. The van der Waals surface area contributed by atoms with Crippen molar-refractivity contribution < 1.29 is 83.8 Å². The fourth-order valence-corrected chi connectivity index (χ4v) is 1.73. The highest BCUT2D eigenvalue weighted by Crippen LogP contribution is 2.69. The molecule has 1 atom stereocenters. The number of alkyl halides is 18. The molecule has 168 valence electrons. The number of hydrogen-bond acceptors (Lipinski definition) is 1. The maximum absolute atomic E-state index is 13.5. The first-order valence-electron chi connectivity index (χ1n) is 5.81. The summed E-state index contributed by atoms with van der Waals surface area (Å²) in [6, 6.07) is 0. The molecule has 0 radical (unpaired) electrons. The van der Waals surface area contributed by atoms with Gasteiger partial charge in [0.05, 0.1) is 0 Å². The van der Waals surface area contributed by atoms with Crippen LogP contribution in [0.15, 0.2) is 0 Å².